The molecule has 0 aliphatic heterocycles. The molecular weight excluding hydrogens is 1060 g/mol. The van der Waals surface area contributed by atoms with E-state index in [0.717, 1.165) is 6.42 Å². The molecule has 0 amide bonds. The molecule has 0 saturated heterocycles. The first-order valence-corrected chi connectivity index (χ1v) is 15.9. The smallest absolute Gasteiger partial charge is 0.118 e. The second kappa shape index (κ2) is 60.4. The molecule has 0 aromatic carbocycles. The van der Waals surface area contributed by atoms with Gasteiger partial charge in [0, 0.05) is 329 Å². The summed E-state index contributed by atoms with van der Waals surface area (Å²) in [6, 6.07) is 0. The lowest BCUT2D eigenvalue weighted by atomic mass is 10.5. The molecule has 0 heterocycles. The molecule has 0 saturated carbocycles. The maximum Gasteiger partial charge on any atom is 0.118 e. The number of hydrogen-bond acceptors (Lipinski definition) is 3. The zero-order valence-corrected chi connectivity index (χ0v) is 35.1. The zero-order valence-electron chi connectivity index (χ0n) is 35.1. The van der Waals surface area contributed by atoms with Gasteiger partial charge >= 0.3 is 0 Å². The first-order valence-electron chi connectivity index (χ1n) is 15.9. The third-order valence-corrected chi connectivity index (χ3v) is 3.15. The number of nitrogens with one attached hydrogen (secondary N) is 1. The number of nitrogens with zero attached hydrogens (tertiary/aromatic N) is 71. The topological polar surface area (TPSA) is 911 Å². The normalized spacial score (nSPS) is 15.3. The molecule has 76 heavy (non-hydrogen) atoms. The molecule has 0 radical (unpaired) electrons. The molecule has 0 bridgehead atoms. The van der Waals surface area contributed by atoms with Gasteiger partial charge in [-0.3, -0.25) is 0 Å². The molecular formula is C3H8N72O. The highest BCUT2D eigenvalue weighted by atomic mass is 16.6. The van der Waals surface area contributed by atoms with Crippen molar-refractivity contribution in [3.05, 3.63) is 0 Å². The van der Waals surface area contributed by atoms with Crippen LogP contribution in [0.25, 0.3) is 0 Å². The fourth-order valence-electron chi connectivity index (χ4n) is 1.39. The van der Waals surface area contributed by atoms with Crippen LogP contribution in [0, 0.1) is 5.53 Å². The minimum absolute atomic E-state index is 0.372. The van der Waals surface area contributed by atoms with E-state index in [0.29, 0.717) is 6.61 Å². The molecule has 0 aromatic heterocycles. The summed E-state index contributed by atoms with van der Waals surface area (Å²) in [5.74, 6) is 0. The van der Waals surface area contributed by atoms with Crippen LogP contribution in [-0.4, -0.2) is 6.61 Å². The Morgan fingerprint density at radius 1 is 0.171 bits per heavy atom. The van der Waals surface area contributed by atoms with Crippen LogP contribution in [-0.2, 0) is 4.84 Å². The molecule has 73 heteroatoms. The van der Waals surface area contributed by atoms with Gasteiger partial charge in [-0.2, -0.15) is 5.53 Å². The van der Waals surface area contributed by atoms with E-state index in [2.05, 4.69) is 376 Å². The van der Waals surface area contributed by atoms with E-state index in [1.165, 1.54) is 0 Å². The Kier molecular flexibility index (Phi) is 48.8. The summed E-state index contributed by atoms with van der Waals surface area (Å²) in [6.07, 6.45) is 0.747. The Balaban J connectivity index is 4.09. The maximum atomic E-state index is 6.26. The highest BCUT2D eigenvalue weighted by molar-refractivity contribution is 4.21. The maximum absolute atomic E-state index is 6.26. The first kappa shape index (κ1) is 61.4. The monoisotopic (exact) mass is 1070 g/mol. The number of hydrogen-bond donors (Lipinski definition) is 1. The lowest BCUT2D eigenvalue weighted by molar-refractivity contribution is 0.122. The van der Waals surface area contributed by atoms with Gasteiger partial charge in [-0.25, -0.2) is 0 Å². The standard InChI is InChI=1S/C3H8N72O/c1-2-3-76-75-74-73-72-71-70-69-68-67-66-65-64-63-62-61-60-59-58-57-56-55-54-53-52-51-50-49-48-47-46-45-44-43-42-41-40-39-38-37-36-35-34-33-32-31-30-29-28-27-26-25-24-23-22-21-20-19-18-17-16-15-14-13-12-11-10-9-8-7-6-5-4/h4H,2-3H2,1H3. The van der Waals surface area contributed by atoms with Crippen molar-refractivity contribution >= 4 is 0 Å². The summed E-state index contributed by atoms with van der Waals surface area (Å²) in [5, 5.41) is 213. The van der Waals surface area contributed by atoms with Gasteiger partial charge in [-0.15, -0.1) is 0 Å². The average Bonchev–Trinajstić information content (AvgIpc) is 3.43. The zero-order chi connectivity index (χ0) is 54.3. The Labute approximate surface area is 401 Å². The van der Waals surface area contributed by atoms with Gasteiger partial charge in [0.15, 0.2) is 0 Å². The van der Waals surface area contributed by atoms with Crippen LogP contribution >= 0.6 is 0 Å². The van der Waals surface area contributed by atoms with Crippen LogP contribution in [0.4, 0.5) is 0 Å². The molecule has 0 aliphatic carbocycles. The summed E-state index contributed by atoms with van der Waals surface area (Å²) < 4.78 is 0. The highest BCUT2D eigenvalue weighted by Gasteiger charge is 1.79. The van der Waals surface area contributed by atoms with E-state index < -0.39 is 0 Å². The summed E-state index contributed by atoms with van der Waals surface area (Å²) in [4.78, 5) is 4.63. The van der Waals surface area contributed by atoms with E-state index in [4.69, 9.17) is 5.53 Å². The molecule has 0 aromatic rings. The third-order valence-electron chi connectivity index (χ3n) is 3.15. The summed E-state index contributed by atoms with van der Waals surface area (Å²) in [7, 11) is 0. The van der Waals surface area contributed by atoms with Crippen molar-refractivity contribution in [2.45, 2.75) is 13.3 Å². The van der Waals surface area contributed by atoms with Crippen LogP contribution in [0.5, 0.6) is 0 Å². The molecule has 0 atom stereocenters. The van der Waals surface area contributed by atoms with Gasteiger partial charge in [0.1, 0.15) is 6.61 Å². The lowest BCUT2D eigenvalue weighted by Gasteiger charge is -1.87. The first-order chi connectivity index (χ1) is 37.9. The molecule has 0 spiro atoms. The van der Waals surface area contributed by atoms with Crippen LogP contribution in [0.15, 0.2) is 371 Å². The van der Waals surface area contributed by atoms with Gasteiger partial charge in [-0.1, -0.05) is 6.92 Å². The highest BCUT2D eigenvalue weighted by Crippen LogP contribution is 1.96. The van der Waals surface area contributed by atoms with Crippen LogP contribution in [0.2, 0.25) is 0 Å². The third kappa shape index (κ3) is 59.4. The minimum Gasteiger partial charge on any atom is -0.378 e. The Morgan fingerprint density at radius 3 is 0.382 bits per heavy atom. The van der Waals surface area contributed by atoms with Gasteiger partial charge in [0.2, 0.25) is 0 Å². The van der Waals surface area contributed by atoms with Gasteiger partial charge in [0.05, 0.1) is 0 Å². The van der Waals surface area contributed by atoms with Crippen molar-refractivity contribution in [2.75, 3.05) is 6.61 Å². The van der Waals surface area contributed by atoms with Crippen molar-refractivity contribution in [2.24, 2.45) is 371 Å². The van der Waals surface area contributed by atoms with E-state index in [9.17, 15) is 0 Å². The second-order valence-corrected chi connectivity index (χ2v) is 7.19. The fourth-order valence-corrected chi connectivity index (χ4v) is 1.39. The van der Waals surface area contributed by atoms with Gasteiger partial charge in [-0.05, 0) is 48.2 Å². The van der Waals surface area contributed by atoms with Crippen molar-refractivity contribution < 1.29 is 4.84 Å². The van der Waals surface area contributed by atoms with Crippen LogP contribution < -0.4 is 0 Å². The number of rotatable bonds is 38. The fraction of sp³-hybridized carbons (Fsp3) is 1.00. The van der Waals surface area contributed by atoms with E-state index in [-0.39, 0.29) is 0 Å². The summed E-state index contributed by atoms with van der Waals surface area (Å²) in [6.45, 7) is 2.25. The van der Waals surface area contributed by atoms with Crippen LogP contribution in [0.1, 0.15) is 13.3 Å². The average molecular weight is 1070 g/mol. The predicted octanol–water partition coefficient (Wildman–Crippen LogP) is 14.2. The van der Waals surface area contributed by atoms with E-state index >= 15 is 0 Å². The van der Waals surface area contributed by atoms with Crippen molar-refractivity contribution in [3.8, 4) is 0 Å². The molecule has 0 fully saturated rings. The largest absolute Gasteiger partial charge is 0.378 e. The Hall–Kier alpha value is -14.6. The molecule has 0 aliphatic rings. The molecule has 0 unspecified atom stereocenters. The van der Waals surface area contributed by atoms with Crippen molar-refractivity contribution in [3.63, 3.8) is 0 Å². The Bertz CT molecular complexity index is 2600. The SMILES string of the molecule is CCCON=NN=NN=NN=NN=NN=NN=NN=NN=NN=NN=NN=NN=NN=NN=NN=NN=NN=NN=NN=NN=NN=NN=NN=NN=NN=NN=NN=NN=NN=NN=NN=NN=NN=NN=NN=N. The second-order valence-electron chi connectivity index (χ2n) is 7.19. The molecule has 386 valence electrons. The van der Waals surface area contributed by atoms with Crippen molar-refractivity contribution in [1.82, 2.24) is 0 Å². The lowest BCUT2D eigenvalue weighted by Crippen LogP contribution is -1.80. The van der Waals surface area contributed by atoms with E-state index in [1.54, 1.807) is 0 Å². The molecule has 0 rings (SSSR count). The van der Waals surface area contributed by atoms with Crippen LogP contribution in [0.3, 0.4) is 0 Å². The predicted molar refractivity (Wildman–Crippen MR) is 191 cm³/mol. The van der Waals surface area contributed by atoms with E-state index in [1.807, 2.05) is 6.92 Å². The Morgan fingerprint density at radius 2 is 0.276 bits per heavy atom. The molecule has 1 N–H and O–H groups in total. The van der Waals surface area contributed by atoms with Gasteiger partial charge in [0.25, 0.3) is 0 Å². The molecule has 73 nitrogen and oxygen atoms in total. The summed E-state index contributed by atoms with van der Waals surface area (Å²) in [5.41, 5.74) is 6.26. The minimum atomic E-state index is 0.372. The van der Waals surface area contributed by atoms with Crippen molar-refractivity contribution in [1.29, 1.82) is 5.53 Å². The quantitative estimate of drug-likeness (QED) is 0.0352. The summed E-state index contributed by atoms with van der Waals surface area (Å²) >= 11 is 0. The van der Waals surface area contributed by atoms with Gasteiger partial charge < -0.3 is 4.84 Å².